The van der Waals surface area contributed by atoms with Crippen LogP contribution < -0.4 is 0 Å². The van der Waals surface area contributed by atoms with Gasteiger partial charge in [0, 0.05) is 11.8 Å². The topological polar surface area (TPSA) is 34.1 Å². The molecule has 3 fully saturated rings. The number of carbonyl (C=O) groups excluding carboxylic acids is 2. The fourth-order valence-electron chi connectivity index (χ4n) is 4.32. The first kappa shape index (κ1) is 9.56. The third-order valence-corrected chi connectivity index (χ3v) is 4.97. The molecular formula is C13H18O2. The van der Waals surface area contributed by atoms with E-state index in [9.17, 15) is 9.59 Å². The van der Waals surface area contributed by atoms with Crippen molar-refractivity contribution in [2.45, 2.75) is 46.0 Å². The lowest BCUT2D eigenvalue weighted by Gasteiger charge is -2.31. The first-order valence-electron chi connectivity index (χ1n) is 6.05. The Hall–Kier alpha value is -0.660. The molecule has 0 aromatic heterocycles. The lowest BCUT2D eigenvalue weighted by atomic mass is 9.68. The molecule has 3 aliphatic rings. The second kappa shape index (κ2) is 2.53. The highest BCUT2D eigenvalue weighted by atomic mass is 16.2. The van der Waals surface area contributed by atoms with E-state index >= 15 is 0 Å². The fraction of sp³-hybridized carbons (Fsp3) is 0.846. The number of fused-ring (bicyclic) bond motifs is 3. The molecular weight excluding hydrogens is 188 g/mol. The number of hydrogen-bond donors (Lipinski definition) is 0. The van der Waals surface area contributed by atoms with Crippen molar-refractivity contribution in [3.8, 4) is 0 Å². The van der Waals surface area contributed by atoms with Crippen LogP contribution in [0, 0.1) is 22.7 Å². The number of rotatable bonds is 0. The van der Waals surface area contributed by atoms with Gasteiger partial charge in [-0.25, -0.2) is 0 Å². The Bertz CT molecular complexity index is 356. The summed E-state index contributed by atoms with van der Waals surface area (Å²) in [5, 5.41) is 0. The van der Waals surface area contributed by atoms with E-state index in [1.54, 1.807) is 0 Å². The average molecular weight is 206 g/mol. The minimum atomic E-state index is -0.521. The van der Waals surface area contributed by atoms with Crippen molar-refractivity contribution in [1.82, 2.24) is 0 Å². The minimum Gasteiger partial charge on any atom is -0.299 e. The Morgan fingerprint density at radius 3 is 2.33 bits per heavy atom. The van der Waals surface area contributed by atoms with E-state index in [4.69, 9.17) is 0 Å². The molecule has 2 nitrogen and oxygen atoms in total. The molecule has 3 rings (SSSR count). The Kier molecular flexibility index (Phi) is 1.61. The molecule has 0 N–H and O–H groups in total. The second-order valence-corrected chi connectivity index (χ2v) is 6.36. The largest absolute Gasteiger partial charge is 0.299 e. The SMILES string of the molecule is CC1(C)CC(=O)[C@@]2(C[C@@H]3CC[C@H]2C3)C1=O. The molecule has 0 saturated heterocycles. The van der Waals surface area contributed by atoms with E-state index in [1.165, 1.54) is 6.42 Å². The van der Waals surface area contributed by atoms with Gasteiger partial charge >= 0.3 is 0 Å². The number of Topliss-reactive ketones (excluding diaryl/α,β-unsaturated/α-hetero) is 2. The quantitative estimate of drug-likeness (QED) is 0.570. The molecule has 0 radical (unpaired) electrons. The summed E-state index contributed by atoms with van der Waals surface area (Å²) in [6, 6.07) is 0. The molecule has 0 aromatic rings. The summed E-state index contributed by atoms with van der Waals surface area (Å²) in [4.78, 5) is 24.6. The van der Waals surface area contributed by atoms with Gasteiger partial charge in [0.1, 0.15) is 5.78 Å². The zero-order valence-corrected chi connectivity index (χ0v) is 9.51. The number of ketones is 2. The van der Waals surface area contributed by atoms with Gasteiger partial charge in [-0.1, -0.05) is 20.3 Å². The lowest BCUT2D eigenvalue weighted by molar-refractivity contribution is -0.140. The Morgan fingerprint density at radius 2 is 1.93 bits per heavy atom. The molecule has 15 heavy (non-hydrogen) atoms. The van der Waals surface area contributed by atoms with E-state index in [-0.39, 0.29) is 17.0 Å². The maximum Gasteiger partial charge on any atom is 0.152 e. The van der Waals surface area contributed by atoms with Crippen LogP contribution in [0.4, 0.5) is 0 Å². The van der Waals surface area contributed by atoms with Gasteiger partial charge in [0.25, 0.3) is 0 Å². The zero-order valence-electron chi connectivity index (χ0n) is 9.51. The molecule has 2 heteroatoms. The third-order valence-electron chi connectivity index (χ3n) is 4.97. The molecule has 0 aliphatic heterocycles. The average Bonchev–Trinajstić information content (AvgIpc) is 2.77. The Morgan fingerprint density at radius 1 is 1.20 bits per heavy atom. The normalized spacial score (nSPS) is 47.1. The zero-order chi connectivity index (χ0) is 10.8. The summed E-state index contributed by atoms with van der Waals surface area (Å²) in [6.07, 6.45) is 4.84. The van der Waals surface area contributed by atoms with E-state index in [2.05, 4.69) is 0 Å². The molecule has 1 spiro atoms. The van der Waals surface area contributed by atoms with E-state index < -0.39 is 5.41 Å². The smallest absolute Gasteiger partial charge is 0.152 e. The van der Waals surface area contributed by atoms with Crippen LogP contribution in [0.5, 0.6) is 0 Å². The predicted octanol–water partition coefficient (Wildman–Crippen LogP) is 2.36. The molecule has 3 saturated carbocycles. The first-order valence-corrected chi connectivity index (χ1v) is 6.05. The van der Waals surface area contributed by atoms with Crippen LogP contribution in [-0.4, -0.2) is 11.6 Å². The minimum absolute atomic E-state index is 0.254. The van der Waals surface area contributed by atoms with Crippen LogP contribution in [0.15, 0.2) is 0 Å². The molecule has 82 valence electrons. The monoisotopic (exact) mass is 206 g/mol. The van der Waals surface area contributed by atoms with Crippen molar-refractivity contribution >= 4 is 11.6 Å². The molecule has 2 bridgehead atoms. The van der Waals surface area contributed by atoms with Gasteiger partial charge in [-0.15, -0.1) is 0 Å². The first-order chi connectivity index (χ1) is 6.97. The van der Waals surface area contributed by atoms with Gasteiger partial charge in [-0.3, -0.25) is 9.59 Å². The van der Waals surface area contributed by atoms with E-state index in [0.717, 1.165) is 19.3 Å². The van der Waals surface area contributed by atoms with Crippen LogP contribution in [0.3, 0.4) is 0 Å². The highest BCUT2D eigenvalue weighted by molar-refractivity contribution is 6.16. The highest BCUT2D eigenvalue weighted by Gasteiger charge is 2.66. The maximum absolute atomic E-state index is 12.4. The van der Waals surface area contributed by atoms with Crippen molar-refractivity contribution in [1.29, 1.82) is 0 Å². The van der Waals surface area contributed by atoms with Crippen molar-refractivity contribution in [2.75, 3.05) is 0 Å². The maximum atomic E-state index is 12.4. The Labute approximate surface area is 90.4 Å². The molecule has 0 heterocycles. The van der Waals surface area contributed by atoms with Gasteiger partial charge in [-0.05, 0) is 31.1 Å². The van der Waals surface area contributed by atoms with Crippen LogP contribution in [0.2, 0.25) is 0 Å². The summed E-state index contributed by atoms with van der Waals surface area (Å²) in [7, 11) is 0. The van der Waals surface area contributed by atoms with Crippen LogP contribution in [-0.2, 0) is 9.59 Å². The van der Waals surface area contributed by atoms with Gasteiger partial charge in [0.15, 0.2) is 5.78 Å². The summed E-state index contributed by atoms with van der Waals surface area (Å²) in [5.74, 6) is 1.57. The lowest BCUT2D eigenvalue weighted by Crippen LogP contribution is -2.40. The van der Waals surface area contributed by atoms with Crippen molar-refractivity contribution in [3.05, 3.63) is 0 Å². The van der Waals surface area contributed by atoms with Gasteiger partial charge in [0.2, 0.25) is 0 Å². The molecule has 3 atom stereocenters. The van der Waals surface area contributed by atoms with Crippen molar-refractivity contribution in [3.63, 3.8) is 0 Å². The summed E-state index contributed by atoms with van der Waals surface area (Å²) in [5.41, 5.74) is -0.909. The molecule has 3 aliphatic carbocycles. The molecule has 0 amide bonds. The summed E-state index contributed by atoms with van der Waals surface area (Å²) < 4.78 is 0. The Balaban J connectivity index is 2.06. The number of carbonyl (C=O) groups is 2. The fourth-order valence-corrected chi connectivity index (χ4v) is 4.32. The van der Waals surface area contributed by atoms with E-state index in [0.29, 0.717) is 18.3 Å². The van der Waals surface area contributed by atoms with Gasteiger partial charge in [-0.2, -0.15) is 0 Å². The van der Waals surface area contributed by atoms with E-state index in [1.807, 2.05) is 13.8 Å². The third kappa shape index (κ3) is 0.957. The molecule has 0 aromatic carbocycles. The second-order valence-electron chi connectivity index (χ2n) is 6.36. The van der Waals surface area contributed by atoms with Gasteiger partial charge in [0.05, 0.1) is 5.41 Å². The summed E-state index contributed by atoms with van der Waals surface area (Å²) in [6.45, 7) is 3.88. The summed E-state index contributed by atoms with van der Waals surface area (Å²) >= 11 is 0. The van der Waals surface area contributed by atoms with Crippen molar-refractivity contribution < 1.29 is 9.59 Å². The van der Waals surface area contributed by atoms with Gasteiger partial charge < -0.3 is 0 Å². The predicted molar refractivity (Wildman–Crippen MR) is 56.3 cm³/mol. The molecule has 0 unspecified atom stereocenters. The number of hydrogen-bond acceptors (Lipinski definition) is 2. The van der Waals surface area contributed by atoms with Crippen LogP contribution >= 0.6 is 0 Å². The standard InChI is InChI=1S/C13H18O2/c1-12(2)7-10(14)13(11(12)15)6-8-3-4-9(13)5-8/h8-9H,3-7H2,1-2H3/t8-,9+,13+/m1/s1. The van der Waals surface area contributed by atoms with Crippen molar-refractivity contribution in [2.24, 2.45) is 22.7 Å². The van der Waals surface area contributed by atoms with Crippen LogP contribution in [0.1, 0.15) is 46.0 Å². The van der Waals surface area contributed by atoms with Crippen LogP contribution in [0.25, 0.3) is 0 Å². The highest BCUT2D eigenvalue weighted by Crippen LogP contribution is 2.62.